The van der Waals surface area contributed by atoms with E-state index in [1.165, 1.54) is 0 Å². The van der Waals surface area contributed by atoms with Gasteiger partial charge in [-0.2, -0.15) is 0 Å². The maximum absolute atomic E-state index is 15.6. The Bertz CT molecular complexity index is 637. The Morgan fingerprint density at radius 1 is 1.07 bits per heavy atom. The number of hydrogen-bond acceptors (Lipinski definition) is 2. The van der Waals surface area contributed by atoms with E-state index in [1.807, 2.05) is 6.92 Å². The Balaban J connectivity index is 1.65. The topological polar surface area (TPSA) is 57.5 Å². The van der Waals surface area contributed by atoms with Crippen LogP contribution in [-0.2, 0) is 4.79 Å². The summed E-state index contributed by atoms with van der Waals surface area (Å²) >= 11 is 0. The summed E-state index contributed by atoms with van der Waals surface area (Å²) in [4.78, 5) is 11.2. The number of fused-ring (bicyclic) bond motifs is 5. The number of aliphatic hydroxyl groups is 1. The van der Waals surface area contributed by atoms with Gasteiger partial charge in [-0.1, -0.05) is 20.8 Å². The second kappa shape index (κ2) is 6.65. The minimum Gasteiger partial charge on any atom is -0.481 e. The number of halogens is 2. The van der Waals surface area contributed by atoms with Crippen molar-refractivity contribution in [1.82, 2.24) is 0 Å². The Morgan fingerprint density at radius 2 is 1.71 bits per heavy atom. The molecule has 2 N–H and O–H groups in total. The van der Waals surface area contributed by atoms with E-state index in [2.05, 4.69) is 13.8 Å². The first kappa shape index (κ1) is 20.6. The first-order valence-electron chi connectivity index (χ1n) is 11.3. The normalized spacial score (nSPS) is 50.9. The van der Waals surface area contributed by atoms with E-state index in [1.54, 1.807) is 0 Å². The van der Waals surface area contributed by atoms with E-state index in [0.29, 0.717) is 6.42 Å². The Hall–Kier alpha value is -0.710. The molecule has 160 valence electrons. The quantitative estimate of drug-likeness (QED) is 0.673. The van der Waals surface area contributed by atoms with Crippen molar-refractivity contribution in [3.05, 3.63) is 0 Å². The van der Waals surface area contributed by atoms with Crippen molar-refractivity contribution in [1.29, 1.82) is 0 Å². The van der Waals surface area contributed by atoms with Gasteiger partial charge in [0.2, 0.25) is 0 Å². The number of carbonyl (C=O) groups is 1. The van der Waals surface area contributed by atoms with E-state index in [0.717, 1.165) is 38.5 Å². The van der Waals surface area contributed by atoms with Crippen molar-refractivity contribution in [2.24, 2.45) is 46.3 Å². The Labute approximate surface area is 167 Å². The van der Waals surface area contributed by atoms with Crippen LogP contribution in [0.25, 0.3) is 0 Å². The van der Waals surface area contributed by atoms with E-state index in [-0.39, 0.29) is 53.3 Å². The van der Waals surface area contributed by atoms with Crippen molar-refractivity contribution in [3.8, 4) is 0 Å². The molecule has 0 heterocycles. The first-order valence-corrected chi connectivity index (χ1v) is 11.3. The van der Waals surface area contributed by atoms with Gasteiger partial charge in [0.25, 0.3) is 5.92 Å². The van der Waals surface area contributed by atoms with E-state index in [9.17, 15) is 15.0 Å². The molecule has 4 aliphatic rings. The molecule has 4 fully saturated rings. The monoisotopic (exact) mass is 398 g/mol. The van der Waals surface area contributed by atoms with Gasteiger partial charge in [0.05, 0.1) is 6.10 Å². The molecule has 4 rings (SSSR count). The number of rotatable bonds is 3. The third-order valence-electron chi connectivity index (χ3n) is 9.89. The fourth-order valence-corrected chi connectivity index (χ4v) is 8.53. The van der Waals surface area contributed by atoms with Gasteiger partial charge in [-0.15, -0.1) is 0 Å². The molecule has 0 radical (unpaired) electrons. The smallest absolute Gasteiger partial charge is 0.303 e. The predicted molar refractivity (Wildman–Crippen MR) is 103 cm³/mol. The maximum Gasteiger partial charge on any atom is 0.303 e. The molecule has 3 unspecified atom stereocenters. The Kier molecular flexibility index (Phi) is 4.88. The molecule has 0 aromatic heterocycles. The third-order valence-corrected chi connectivity index (χ3v) is 9.89. The first-order chi connectivity index (χ1) is 13.0. The van der Waals surface area contributed by atoms with Crippen LogP contribution in [-0.4, -0.2) is 28.2 Å². The zero-order valence-corrected chi connectivity index (χ0v) is 17.5. The average Bonchev–Trinajstić information content (AvgIpc) is 2.93. The largest absolute Gasteiger partial charge is 0.481 e. The van der Waals surface area contributed by atoms with Crippen LogP contribution >= 0.6 is 0 Å². The summed E-state index contributed by atoms with van der Waals surface area (Å²) in [6.45, 7) is 6.40. The van der Waals surface area contributed by atoms with E-state index in [4.69, 9.17) is 0 Å². The van der Waals surface area contributed by atoms with Crippen LogP contribution in [0.1, 0.15) is 78.6 Å². The molecule has 0 amide bonds. The van der Waals surface area contributed by atoms with Crippen LogP contribution in [0.3, 0.4) is 0 Å². The van der Waals surface area contributed by atoms with Gasteiger partial charge < -0.3 is 10.2 Å². The summed E-state index contributed by atoms with van der Waals surface area (Å²) < 4.78 is 31.2. The van der Waals surface area contributed by atoms with Crippen LogP contribution in [0.15, 0.2) is 0 Å². The molecule has 0 saturated heterocycles. The molecule has 5 heteroatoms. The van der Waals surface area contributed by atoms with Gasteiger partial charge >= 0.3 is 5.97 Å². The summed E-state index contributed by atoms with van der Waals surface area (Å²) in [6.07, 6.45) is 5.21. The second-order valence-electron chi connectivity index (χ2n) is 11.1. The summed E-state index contributed by atoms with van der Waals surface area (Å²) in [7, 11) is 0. The zero-order valence-electron chi connectivity index (χ0n) is 17.5. The fraction of sp³-hybridized carbons (Fsp3) is 0.957. The van der Waals surface area contributed by atoms with E-state index < -0.39 is 23.9 Å². The second-order valence-corrected chi connectivity index (χ2v) is 11.1. The highest BCUT2D eigenvalue weighted by Gasteiger charge is 2.68. The zero-order chi connectivity index (χ0) is 20.5. The van der Waals surface area contributed by atoms with Crippen LogP contribution < -0.4 is 0 Å². The van der Waals surface area contributed by atoms with Gasteiger partial charge in [-0.05, 0) is 85.4 Å². The highest BCUT2D eigenvalue weighted by molar-refractivity contribution is 5.67. The number of carboxylic acids is 1. The molecule has 0 aromatic rings. The average molecular weight is 399 g/mol. The van der Waals surface area contributed by atoms with Crippen molar-refractivity contribution >= 4 is 5.97 Å². The lowest BCUT2D eigenvalue weighted by molar-refractivity contribution is -0.238. The van der Waals surface area contributed by atoms with Gasteiger partial charge in [-0.3, -0.25) is 4.79 Å². The molecule has 3 nitrogen and oxygen atoms in total. The molecule has 9 atom stereocenters. The fourth-order valence-electron chi connectivity index (χ4n) is 8.53. The summed E-state index contributed by atoms with van der Waals surface area (Å²) in [6, 6.07) is 0. The van der Waals surface area contributed by atoms with Crippen LogP contribution in [0.4, 0.5) is 8.78 Å². The molecule has 0 spiro atoms. The molecule has 0 bridgehead atoms. The Morgan fingerprint density at radius 3 is 2.39 bits per heavy atom. The number of aliphatic hydroxyl groups excluding tert-OH is 1. The highest BCUT2D eigenvalue weighted by Crippen LogP contribution is 2.71. The summed E-state index contributed by atoms with van der Waals surface area (Å²) in [5, 5.41) is 19.3. The minimum atomic E-state index is -2.68. The number of aliphatic carboxylic acids is 1. The van der Waals surface area contributed by atoms with Crippen LogP contribution in [0.2, 0.25) is 0 Å². The van der Waals surface area contributed by atoms with E-state index >= 15 is 8.78 Å². The lowest BCUT2D eigenvalue weighted by Gasteiger charge is -2.63. The van der Waals surface area contributed by atoms with Crippen LogP contribution in [0.5, 0.6) is 0 Å². The standard InChI is InChI=1S/C23H36F2O3/c1-13(10-19(27)28)16-4-5-17-20-18(7-9-22(16,17)3)21(2)8-6-15(26)11-14(21)12-23(20,24)25/h13-18,20,26H,4-12H2,1-3H3,(H,27,28)/t13-,14+,15-,16-,17?,18?,20?,21+,22-/m1/s1. The van der Waals surface area contributed by atoms with Crippen molar-refractivity contribution in [2.45, 2.75) is 90.6 Å². The molecule has 28 heavy (non-hydrogen) atoms. The summed E-state index contributed by atoms with van der Waals surface area (Å²) in [5.74, 6) is -3.84. The lowest BCUT2D eigenvalue weighted by Crippen LogP contribution is -2.61. The van der Waals surface area contributed by atoms with Crippen molar-refractivity contribution in [3.63, 3.8) is 0 Å². The van der Waals surface area contributed by atoms with Crippen molar-refractivity contribution < 1.29 is 23.8 Å². The number of hydrogen-bond donors (Lipinski definition) is 2. The SMILES string of the molecule is C[C@H](CC(=O)O)[C@H]1CCC2C3C(CC[C@@]21C)[C@@]1(C)CC[C@@H](O)C[C@H]1CC3(F)F. The molecular formula is C23H36F2O3. The van der Waals surface area contributed by atoms with Crippen molar-refractivity contribution in [2.75, 3.05) is 0 Å². The minimum absolute atomic E-state index is 0.00730. The molecule has 4 saturated carbocycles. The molecule has 0 aromatic carbocycles. The van der Waals surface area contributed by atoms with Gasteiger partial charge in [0, 0.05) is 18.8 Å². The molecule has 0 aliphatic heterocycles. The van der Waals surface area contributed by atoms with Gasteiger partial charge in [0.1, 0.15) is 0 Å². The predicted octanol–water partition coefficient (Wildman–Crippen LogP) is 5.36. The number of alkyl halides is 2. The lowest BCUT2D eigenvalue weighted by atomic mass is 9.43. The van der Waals surface area contributed by atoms with Gasteiger partial charge in [0.15, 0.2) is 0 Å². The molecule has 4 aliphatic carbocycles. The molecular weight excluding hydrogens is 362 g/mol. The summed E-state index contributed by atoms with van der Waals surface area (Å²) in [5.41, 5.74) is -0.255. The van der Waals surface area contributed by atoms with Crippen LogP contribution in [0, 0.1) is 46.3 Å². The van der Waals surface area contributed by atoms with Gasteiger partial charge in [-0.25, -0.2) is 8.78 Å². The third kappa shape index (κ3) is 2.94. The number of carboxylic acid groups (broad SMARTS) is 1. The highest BCUT2D eigenvalue weighted by atomic mass is 19.3. The maximum atomic E-state index is 15.6.